The maximum atomic E-state index is 12.7. The molecule has 3 aliphatic rings. The summed E-state index contributed by atoms with van der Waals surface area (Å²) >= 11 is 0. The van der Waals surface area contributed by atoms with Crippen LogP contribution in [0.5, 0.6) is 0 Å². The van der Waals surface area contributed by atoms with Crippen LogP contribution < -0.4 is 0 Å². The number of nitrogens with zero attached hydrogens (tertiary/aromatic N) is 6. The molecule has 138 valence electrons. The minimum Gasteiger partial charge on any atom is -0.339 e. The molecule has 0 aromatic carbocycles. The highest BCUT2D eigenvalue weighted by atomic mass is 16.2. The summed E-state index contributed by atoms with van der Waals surface area (Å²) in [6.07, 6.45) is 7.54. The molecule has 26 heavy (non-hydrogen) atoms. The highest BCUT2D eigenvalue weighted by Gasteiger charge is 2.30. The van der Waals surface area contributed by atoms with Crippen molar-refractivity contribution >= 4 is 16.9 Å². The summed E-state index contributed by atoms with van der Waals surface area (Å²) in [6, 6.07) is 2.95. The van der Waals surface area contributed by atoms with Crippen LogP contribution in [0.1, 0.15) is 25.0 Å². The molecule has 0 atom stereocenters. The number of aromatic nitrogens is 3. The van der Waals surface area contributed by atoms with Gasteiger partial charge in [0, 0.05) is 69.1 Å². The normalized spacial score (nSPS) is 22.4. The van der Waals surface area contributed by atoms with E-state index in [2.05, 4.69) is 35.3 Å². The first kappa shape index (κ1) is 16.2. The molecule has 0 bridgehead atoms. The average Bonchev–Trinajstić information content (AvgIpc) is 2.98. The number of hydrogen-bond acceptors (Lipinski definition) is 5. The topological polar surface area (TPSA) is 57.5 Å². The van der Waals surface area contributed by atoms with E-state index in [0.29, 0.717) is 6.54 Å². The highest BCUT2D eigenvalue weighted by Crippen LogP contribution is 2.26. The molecular formula is C19H26N6O. The lowest BCUT2D eigenvalue weighted by Gasteiger charge is -2.43. The second kappa shape index (κ2) is 6.63. The van der Waals surface area contributed by atoms with Gasteiger partial charge in [0.1, 0.15) is 12.0 Å². The molecule has 0 unspecified atom stereocenters. The number of carbonyl (C=O) groups excluding carboxylic acids is 1. The van der Waals surface area contributed by atoms with Crippen LogP contribution in [0, 0.1) is 0 Å². The molecule has 7 heteroatoms. The number of carbonyl (C=O) groups is 1. The summed E-state index contributed by atoms with van der Waals surface area (Å²) < 4.78 is 2.26. The summed E-state index contributed by atoms with van der Waals surface area (Å²) in [4.78, 5) is 28.2. The van der Waals surface area contributed by atoms with E-state index in [1.165, 1.54) is 25.0 Å². The molecule has 1 saturated carbocycles. The van der Waals surface area contributed by atoms with Gasteiger partial charge >= 0.3 is 0 Å². The molecule has 0 radical (unpaired) electrons. The fraction of sp³-hybridized carbons (Fsp3) is 0.632. The van der Waals surface area contributed by atoms with Crippen molar-refractivity contribution in [2.24, 2.45) is 0 Å². The van der Waals surface area contributed by atoms with Crippen molar-refractivity contribution in [3.8, 4) is 0 Å². The van der Waals surface area contributed by atoms with E-state index in [-0.39, 0.29) is 5.91 Å². The average molecular weight is 354 g/mol. The summed E-state index contributed by atoms with van der Waals surface area (Å²) in [5.41, 5.74) is 2.24. The Morgan fingerprint density at radius 1 is 1.12 bits per heavy atom. The Kier molecular flexibility index (Phi) is 4.13. The van der Waals surface area contributed by atoms with Crippen LogP contribution in [0.25, 0.3) is 11.0 Å². The van der Waals surface area contributed by atoms with Gasteiger partial charge in [0.05, 0.1) is 6.54 Å². The number of piperazine rings is 1. The molecule has 4 heterocycles. The molecule has 1 aliphatic carbocycles. The van der Waals surface area contributed by atoms with E-state index in [9.17, 15) is 4.79 Å². The number of fused-ring (bicyclic) bond motifs is 3. The minimum absolute atomic E-state index is 0.280. The van der Waals surface area contributed by atoms with Crippen molar-refractivity contribution in [2.45, 2.75) is 38.4 Å². The maximum Gasteiger partial charge on any atom is 0.236 e. The zero-order valence-corrected chi connectivity index (χ0v) is 15.2. The van der Waals surface area contributed by atoms with Gasteiger partial charge in [-0.1, -0.05) is 6.42 Å². The largest absolute Gasteiger partial charge is 0.339 e. The van der Waals surface area contributed by atoms with Crippen molar-refractivity contribution in [3.05, 3.63) is 24.3 Å². The van der Waals surface area contributed by atoms with E-state index in [1.807, 2.05) is 6.20 Å². The molecule has 2 fully saturated rings. The summed E-state index contributed by atoms with van der Waals surface area (Å²) in [7, 11) is 0. The fourth-order valence-corrected chi connectivity index (χ4v) is 4.50. The zero-order chi connectivity index (χ0) is 17.5. The van der Waals surface area contributed by atoms with E-state index in [0.717, 1.165) is 62.9 Å². The van der Waals surface area contributed by atoms with E-state index < -0.39 is 0 Å². The van der Waals surface area contributed by atoms with Gasteiger partial charge in [0.15, 0.2) is 0 Å². The number of rotatable bonds is 3. The molecule has 7 nitrogen and oxygen atoms in total. The lowest BCUT2D eigenvalue weighted by molar-refractivity contribution is -0.135. The lowest BCUT2D eigenvalue weighted by Crippen LogP contribution is -2.55. The second-order valence-corrected chi connectivity index (χ2v) is 7.80. The van der Waals surface area contributed by atoms with Crippen molar-refractivity contribution in [2.75, 3.05) is 39.3 Å². The van der Waals surface area contributed by atoms with Gasteiger partial charge in [-0.2, -0.15) is 0 Å². The smallest absolute Gasteiger partial charge is 0.236 e. The third-order valence-electron chi connectivity index (χ3n) is 6.29. The molecule has 1 saturated heterocycles. The van der Waals surface area contributed by atoms with Crippen LogP contribution in [0.3, 0.4) is 0 Å². The van der Waals surface area contributed by atoms with Crippen LogP contribution in [0.15, 0.2) is 18.6 Å². The molecule has 2 aromatic rings. The Bertz CT molecular complexity index is 805. The molecular weight excluding hydrogens is 328 g/mol. The van der Waals surface area contributed by atoms with Crippen LogP contribution in [-0.2, 0) is 17.9 Å². The first-order chi connectivity index (χ1) is 12.8. The SMILES string of the molecule is O=C(CN1CCn2c(cc3cncnc32)C1)N1CCN(C2CCC2)CC1. The molecule has 5 rings (SSSR count). The third-order valence-corrected chi connectivity index (χ3v) is 6.29. The quantitative estimate of drug-likeness (QED) is 0.821. The number of amides is 1. The van der Waals surface area contributed by atoms with Crippen molar-refractivity contribution < 1.29 is 4.79 Å². The van der Waals surface area contributed by atoms with Crippen LogP contribution in [0.4, 0.5) is 0 Å². The molecule has 2 aliphatic heterocycles. The second-order valence-electron chi connectivity index (χ2n) is 7.80. The van der Waals surface area contributed by atoms with Crippen molar-refractivity contribution in [1.82, 2.24) is 29.2 Å². The van der Waals surface area contributed by atoms with Crippen LogP contribution in [-0.4, -0.2) is 80.5 Å². The Morgan fingerprint density at radius 3 is 2.73 bits per heavy atom. The third kappa shape index (κ3) is 2.89. The molecule has 0 spiro atoms. The predicted molar refractivity (Wildman–Crippen MR) is 98.6 cm³/mol. The summed E-state index contributed by atoms with van der Waals surface area (Å²) in [5.74, 6) is 0.280. The standard InChI is InChI=1S/C19H26N6O/c26-18(24-7-5-23(6-8-24)16-2-1-3-16)13-22-4-9-25-17(12-22)10-15-11-20-14-21-19(15)25/h10-11,14,16H,1-9,12-13H2. The van der Waals surface area contributed by atoms with Gasteiger partial charge < -0.3 is 9.47 Å². The molecule has 2 aromatic heterocycles. The summed E-state index contributed by atoms with van der Waals surface area (Å²) in [6.45, 7) is 6.98. The van der Waals surface area contributed by atoms with Gasteiger partial charge in [-0.05, 0) is 18.9 Å². The van der Waals surface area contributed by atoms with E-state index >= 15 is 0 Å². The van der Waals surface area contributed by atoms with Crippen molar-refractivity contribution in [1.29, 1.82) is 0 Å². The maximum absolute atomic E-state index is 12.7. The zero-order valence-electron chi connectivity index (χ0n) is 15.2. The fourth-order valence-electron chi connectivity index (χ4n) is 4.50. The monoisotopic (exact) mass is 354 g/mol. The Balaban J connectivity index is 1.19. The number of hydrogen-bond donors (Lipinski definition) is 0. The van der Waals surface area contributed by atoms with Gasteiger partial charge in [0.2, 0.25) is 5.91 Å². The predicted octanol–water partition coefficient (Wildman–Crippen LogP) is 0.944. The Morgan fingerprint density at radius 2 is 1.96 bits per heavy atom. The van der Waals surface area contributed by atoms with Crippen molar-refractivity contribution in [3.63, 3.8) is 0 Å². The van der Waals surface area contributed by atoms with Gasteiger partial charge in [0.25, 0.3) is 0 Å². The van der Waals surface area contributed by atoms with E-state index in [1.54, 1.807) is 6.33 Å². The Labute approximate surface area is 153 Å². The first-order valence-corrected chi connectivity index (χ1v) is 9.80. The lowest BCUT2D eigenvalue weighted by atomic mass is 9.91. The van der Waals surface area contributed by atoms with Gasteiger partial charge in [-0.25, -0.2) is 9.97 Å². The van der Waals surface area contributed by atoms with Gasteiger partial charge in [-0.3, -0.25) is 14.6 Å². The molecule has 0 N–H and O–H groups in total. The highest BCUT2D eigenvalue weighted by molar-refractivity contribution is 5.79. The van der Waals surface area contributed by atoms with E-state index in [4.69, 9.17) is 0 Å². The Hall–Kier alpha value is -1.99. The van der Waals surface area contributed by atoms with Gasteiger partial charge in [-0.15, -0.1) is 0 Å². The summed E-state index contributed by atoms with van der Waals surface area (Å²) in [5, 5.41) is 1.09. The van der Waals surface area contributed by atoms with Crippen LogP contribution >= 0.6 is 0 Å². The van der Waals surface area contributed by atoms with Crippen LogP contribution in [0.2, 0.25) is 0 Å². The first-order valence-electron chi connectivity index (χ1n) is 9.80. The molecule has 1 amide bonds. The minimum atomic E-state index is 0.280.